The Hall–Kier alpha value is -2.46. The van der Waals surface area contributed by atoms with Crippen molar-refractivity contribution in [2.45, 2.75) is 11.7 Å². The number of carbonyl (C=O) groups is 1. The van der Waals surface area contributed by atoms with Gasteiger partial charge in [-0.05, 0) is 18.2 Å². The Kier molecular flexibility index (Phi) is 4.30. The Labute approximate surface area is 131 Å². The maximum Gasteiger partial charge on any atom is 0.173 e. The minimum absolute atomic E-state index is 0.0199. The number of carbonyl (C=O) groups excluding carboxylic acids is 1. The van der Waals surface area contributed by atoms with E-state index >= 15 is 0 Å². The van der Waals surface area contributed by atoms with E-state index in [1.807, 2.05) is 0 Å². The molecular formula is C15H13N3O3S. The van der Waals surface area contributed by atoms with Crippen molar-refractivity contribution in [3.63, 3.8) is 0 Å². The summed E-state index contributed by atoms with van der Waals surface area (Å²) in [6.07, 6.45) is 3.34. The molecule has 2 aromatic rings. The molecule has 0 N–H and O–H groups in total. The third kappa shape index (κ3) is 3.07. The summed E-state index contributed by atoms with van der Waals surface area (Å²) in [7, 11) is 0. The molecule has 0 fully saturated rings. The first-order valence-corrected chi connectivity index (χ1v) is 7.70. The molecule has 0 bridgehead atoms. The lowest BCUT2D eigenvalue weighted by Crippen LogP contribution is -2.16. The molecule has 0 saturated heterocycles. The lowest BCUT2D eigenvalue weighted by atomic mass is 10.1. The highest BCUT2D eigenvalue weighted by molar-refractivity contribution is 7.99. The van der Waals surface area contributed by atoms with E-state index in [4.69, 9.17) is 14.7 Å². The number of rotatable bonds is 5. The third-order valence-electron chi connectivity index (χ3n) is 3.11. The minimum atomic E-state index is -0.0199. The van der Waals surface area contributed by atoms with Gasteiger partial charge in [-0.3, -0.25) is 4.79 Å². The molecule has 1 aliphatic rings. The van der Waals surface area contributed by atoms with Gasteiger partial charge < -0.3 is 14.0 Å². The van der Waals surface area contributed by atoms with Crippen LogP contribution < -0.4 is 9.47 Å². The largest absolute Gasteiger partial charge is 0.486 e. The summed E-state index contributed by atoms with van der Waals surface area (Å²) >= 11 is 1.31. The molecule has 7 heteroatoms. The summed E-state index contributed by atoms with van der Waals surface area (Å²) in [6, 6.07) is 7.25. The van der Waals surface area contributed by atoms with E-state index < -0.39 is 0 Å². The van der Waals surface area contributed by atoms with Crippen molar-refractivity contribution in [2.24, 2.45) is 0 Å². The SMILES string of the molecule is N#CCn1ccnc1SCC(=O)c1ccc2c(c1)OCCO2. The zero-order chi connectivity index (χ0) is 15.4. The molecule has 1 aromatic heterocycles. The summed E-state index contributed by atoms with van der Waals surface area (Å²) in [5, 5.41) is 9.39. The van der Waals surface area contributed by atoms with Gasteiger partial charge in [-0.15, -0.1) is 0 Å². The van der Waals surface area contributed by atoms with Gasteiger partial charge in [0, 0.05) is 18.0 Å². The number of benzene rings is 1. The number of fused-ring (bicyclic) bond motifs is 1. The monoisotopic (exact) mass is 315 g/mol. The topological polar surface area (TPSA) is 77.1 Å². The first-order valence-electron chi connectivity index (χ1n) is 6.71. The lowest BCUT2D eigenvalue weighted by Gasteiger charge is -2.18. The normalized spacial score (nSPS) is 12.7. The van der Waals surface area contributed by atoms with Crippen LogP contribution in [0.15, 0.2) is 35.7 Å². The fourth-order valence-corrected chi connectivity index (χ4v) is 2.92. The van der Waals surface area contributed by atoms with Crippen LogP contribution in [0.5, 0.6) is 11.5 Å². The molecule has 1 aromatic carbocycles. The zero-order valence-corrected chi connectivity index (χ0v) is 12.5. The Bertz CT molecular complexity index is 736. The number of Topliss-reactive ketones (excluding diaryl/α,β-unsaturated/α-hetero) is 1. The van der Waals surface area contributed by atoms with Crippen molar-refractivity contribution in [3.05, 3.63) is 36.2 Å². The maximum absolute atomic E-state index is 12.3. The minimum Gasteiger partial charge on any atom is -0.486 e. The summed E-state index contributed by atoms with van der Waals surface area (Å²) in [5.74, 6) is 1.50. The standard InChI is InChI=1S/C15H13N3O3S/c16-3-5-18-6-4-17-15(18)22-10-12(19)11-1-2-13-14(9-11)21-8-7-20-13/h1-2,4,6,9H,5,7-8,10H2. The van der Waals surface area contributed by atoms with Gasteiger partial charge in [0.05, 0.1) is 11.8 Å². The molecule has 6 nitrogen and oxygen atoms in total. The summed E-state index contributed by atoms with van der Waals surface area (Å²) in [6.45, 7) is 1.24. The molecule has 0 atom stereocenters. The molecule has 0 saturated carbocycles. The van der Waals surface area contributed by atoms with Crippen LogP contribution in [0.4, 0.5) is 0 Å². The molecule has 22 heavy (non-hydrogen) atoms. The van der Waals surface area contributed by atoms with Crippen molar-refractivity contribution in [3.8, 4) is 17.6 Å². The molecule has 112 valence electrons. The Morgan fingerprint density at radius 1 is 1.36 bits per heavy atom. The maximum atomic E-state index is 12.3. The lowest BCUT2D eigenvalue weighted by molar-refractivity contribution is 0.102. The van der Waals surface area contributed by atoms with E-state index in [9.17, 15) is 4.79 Å². The molecule has 0 spiro atoms. The first-order chi connectivity index (χ1) is 10.8. The van der Waals surface area contributed by atoms with Crippen molar-refractivity contribution in [1.29, 1.82) is 5.26 Å². The molecule has 1 aliphatic heterocycles. The van der Waals surface area contributed by atoms with Gasteiger partial charge in [0.2, 0.25) is 0 Å². The van der Waals surface area contributed by atoms with Crippen LogP contribution in [-0.4, -0.2) is 34.3 Å². The van der Waals surface area contributed by atoms with Gasteiger partial charge in [0.25, 0.3) is 0 Å². The summed E-state index contributed by atoms with van der Waals surface area (Å²) < 4.78 is 12.6. The average molecular weight is 315 g/mol. The van der Waals surface area contributed by atoms with Gasteiger partial charge in [-0.25, -0.2) is 4.98 Å². The van der Waals surface area contributed by atoms with E-state index in [1.54, 1.807) is 35.2 Å². The quantitative estimate of drug-likeness (QED) is 0.621. The fraction of sp³-hybridized carbons (Fsp3) is 0.267. The van der Waals surface area contributed by atoms with Crippen LogP contribution >= 0.6 is 11.8 Å². The predicted molar refractivity (Wildman–Crippen MR) is 80.3 cm³/mol. The number of imidazole rings is 1. The second-order valence-electron chi connectivity index (χ2n) is 4.57. The number of hydrogen-bond donors (Lipinski definition) is 0. The van der Waals surface area contributed by atoms with Crippen LogP contribution in [0.3, 0.4) is 0 Å². The zero-order valence-electron chi connectivity index (χ0n) is 11.7. The Morgan fingerprint density at radius 3 is 3.00 bits per heavy atom. The fourth-order valence-electron chi connectivity index (χ4n) is 2.06. The average Bonchev–Trinajstić information content (AvgIpc) is 3.00. The number of hydrogen-bond acceptors (Lipinski definition) is 6. The second-order valence-corrected chi connectivity index (χ2v) is 5.51. The molecule has 0 radical (unpaired) electrons. The van der Waals surface area contributed by atoms with Crippen LogP contribution in [0.1, 0.15) is 10.4 Å². The van der Waals surface area contributed by atoms with Crippen LogP contribution in [0.25, 0.3) is 0 Å². The summed E-state index contributed by atoms with van der Waals surface area (Å²) in [4.78, 5) is 16.4. The van der Waals surface area contributed by atoms with E-state index in [1.165, 1.54) is 11.8 Å². The number of nitrogens with zero attached hydrogens (tertiary/aromatic N) is 3. The molecule has 2 heterocycles. The number of ether oxygens (including phenoxy) is 2. The Balaban J connectivity index is 1.67. The highest BCUT2D eigenvalue weighted by Crippen LogP contribution is 2.31. The van der Waals surface area contributed by atoms with Gasteiger partial charge in [-0.1, -0.05) is 11.8 Å². The van der Waals surface area contributed by atoms with Gasteiger partial charge in [-0.2, -0.15) is 5.26 Å². The number of aromatic nitrogens is 2. The molecule has 0 amide bonds. The smallest absolute Gasteiger partial charge is 0.173 e. The Morgan fingerprint density at radius 2 is 2.18 bits per heavy atom. The van der Waals surface area contributed by atoms with Gasteiger partial charge in [0.1, 0.15) is 19.8 Å². The highest BCUT2D eigenvalue weighted by Gasteiger charge is 2.15. The van der Waals surface area contributed by atoms with E-state index in [0.717, 1.165) is 0 Å². The van der Waals surface area contributed by atoms with Crippen LogP contribution in [0, 0.1) is 11.3 Å². The van der Waals surface area contributed by atoms with E-state index in [0.29, 0.717) is 35.4 Å². The van der Waals surface area contributed by atoms with E-state index in [2.05, 4.69) is 11.1 Å². The highest BCUT2D eigenvalue weighted by atomic mass is 32.2. The second kappa shape index (κ2) is 6.54. The molecule has 3 rings (SSSR count). The van der Waals surface area contributed by atoms with Gasteiger partial charge in [0.15, 0.2) is 22.4 Å². The molecular weight excluding hydrogens is 302 g/mol. The first kappa shape index (κ1) is 14.5. The number of nitriles is 1. The number of thioether (sulfide) groups is 1. The van der Waals surface area contributed by atoms with Crippen molar-refractivity contribution in [2.75, 3.05) is 19.0 Å². The predicted octanol–water partition coefficient (Wildman–Crippen LogP) is 2.15. The molecule has 0 unspecified atom stereocenters. The summed E-state index contributed by atoms with van der Waals surface area (Å²) in [5.41, 5.74) is 0.579. The van der Waals surface area contributed by atoms with Crippen molar-refractivity contribution < 1.29 is 14.3 Å². The number of ketones is 1. The van der Waals surface area contributed by atoms with Crippen molar-refractivity contribution in [1.82, 2.24) is 9.55 Å². The van der Waals surface area contributed by atoms with Crippen LogP contribution in [-0.2, 0) is 6.54 Å². The van der Waals surface area contributed by atoms with Crippen LogP contribution in [0.2, 0.25) is 0 Å². The van der Waals surface area contributed by atoms with E-state index in [-0.39, 0.29) is 18.1 Å². The van der Waals surface area contributed by atoms with Crippen molar-refractivity contribution >= 4 is 17.5 Å². The third-order valence-corrected chi connectivity index (χ3v) is 4.12. The molecule has 0 aliphatic carbocycles. The van der Waals surface area contributed by atoms with Gasteiger partial charge >= 0.3 is 0 Å².